The summed E-state index contributed by atoms with van der Waals surface area (Å²) in [7, 11) is 0. The molecule has 1 aromatic carbocycles. The van der Waals surface area contributed by atoms with Crippen LogP contribution in [0.25, 0.3) is 0 Å². The maximum absolute atomic E-state index is 13.6. The quantitative estimate of drug-likeness (QED) is 0.890. The number of aliphatic hydroxyl groups is 1. The molecule has 0 aromatic heterocycles. The van der Waals surface area contributed by atoms with Gasteiger partial charge in [0.25, 0.3) is 0 Å². The first kappa shape index (κ1) is 14.4. The standard InChI is InChI=1S/C15H20F2O2/c1-2-19-15(7-3-4-8-15)14(18)10-11-9-12(16)5-6-13(11)17/h5-6,9,14,18H,2-4,7-8,10H2,1H3. The Kier molecular flexibility index (Phi) is 4.53. The molecular weight excluding hydrogens is 250 g/mol. The van der Waals surface area contributed by atoms with Crippen LogP contribution in [0.5, 0.6) is 0 Å². The Bertz CT molecular complexity index is 428. The Labute approximate surface area is 112 Å². The molecule has 0 saturated heterocycles. The van der Waals surface area contributed by atoms with Gasteiger partial charge in [-0.2, -0.15) is 0 Å². The summed E-state index contributed by atoms with van der Waals surface area (Å²) in [5.74, 6) is -0.967. The van der Waals surface area contributed by atoms with Crippen molar-refractivity contribution in [1.29, 1.82) is 0 Å². The van der Waals surface area contributed by atoms with Crippen LogP contribution in [-0.4, -0.2) is 23.4 Å². The van der Waals surface area contributed by atoms with Gasteiger partial charge in [0, 0.05) is 13.0 Å². The van der Waals surface area contributed by atoms with Crippen LogP contribution in [0, 0.1) is 11.6 Å². The summed E-state index contributed by atoms with van der Waals surface area (Å²) >= 11 is 0. The van der Waals surface area contributed by atoms with E-state index in [0.717, 1.165) is 43.9 Å². The smallest absolute Gasteiger partial charge is 0.126 e. The van der Waals surface area contributed by atoms with Crippen molar-refractivity contribution in [3.8, 4) is 0 Å². The number of rotatable bonds is 5. The second kappa shape index (κ2) is 5.97. The highest BCUT2D eigenvalue weighted by Gasteiger charge is 2.41. The van der Waals surface area contributed by atoms with Gasteiger partial charge in [-0.1, -0.05) is 12.8 Å². The predicted molar refractivity (Wildman–Crippen MR) is 68.9 cm³/mol. The van der Waals surface area contributed by atoms with E-state index in [1.54, 1.807) is 0 Å². The zero-order chi connectivity index (χ0) is 13.9. The Morgan fingerprint density at radius 3 is 2.63 bits per heavy atom. The molecule has 0 spiro atoms. The lowest BCUT2D eigenvalue weighted by atomic mass is 9.89. The summed E-state index contributed by atoms with van der Waals surface area (Å²) in [6.45, 7) is 2.40. The first-order valence-electron chi connectivity index (χ1n) is 6.83. The molecule has 1 aliphatic carbocycles. The second-order valence-corrected chi connectivity index (χ2v) is 5.16. The molecule has 19 heavy (non-hydrogen) atoms. The van der Waals surface area contributed by atoms with E-state index in [-0.39, 0.29) is 12.0 Å². The van der Waals surface area contributed by atoms with Gasteiger partial charge < -0.3 is 9.84 Å². The lowest BCUT2D eigenvalue weighted by molar-refractivity contribution is -0.115. The molecule has 0 aliphatic heterocycles. The Balaban J connectivity index is 2.14. The van der Waals surface area contributed by atoms with E-state index < -0.39 is 23.3 Å². The van der Waals surface area contributed by atoms with Gasteiger partial charge in [-0.15, -0.1) is 0 Å². The first-order chi connectivity index (χ1) is 9.07. The Hall–Kier alpha value is -1.00. The van der Waals surface area contributed by atoms with Crippen LogP contribution in [-0.2, 0) is 11.2 Å². The largest absolute Gasteiger partial charge is 0.390 e. The lowest BCUT2D eigenvalue weighted by Crippen LogP contribution is -2.44. The van der Waals surface area contributed by atoms with E-state index in [2.05, 4.69) is 0 Å². The third kappa shape index (κ3) is 3.12. The van der Waals surface area contributed by atoms with Crippen molar-refractivity contribution in [2.24, 2.45) is 0 Å². The van der Waals surface area contributed by atoms with E-state index >= 15 is 0 Å². The van der Waals surface area contributed by atoms with Gasteiger partial charge in [0.2, 0.25) is 0 Å². The lowest BCUT2D eigenvalue weighted by Gasteiger charge is -2.34. The third-order valence-electron chi connectivity index (χ3n) is 3.91. The molecule has 2 rings (SSSR count). The minimum absolute atomic E-state index is 0.0869. The Morgan fingerprint density at radius 2 is 2.00 bits per heavy atom. The van der Waals surface area contributed by atoms with Gasteiger partial charge in [-0.25, -0.2) is 8.78 Å². The average molecular weight is 270 g/mol. The van der Waals surface area contributed by atoms with Crippen LogP contribution in [0.1, 0.15) is 38.2 Å². The van der Waals surface area contributed by atoms with Crippen LogP contribution in [0.15, 0.2) is 18.2 Å². The normalized spacial score (nSPS) is 19.6. The van der Waals surface area contributed by atoms with Crippen molar-refractivity contribution in [1.82, 2.24) is 0 Å². The molecule has 1 atom stereocenters. The summed E-state index contributed by atoms with van der Waals surface area (Å²) in [5.41, 5.74) is -0.383. The molecule has 1 aromatic rings. The van der Waals surface area contributed by atoms with Crippen LogP contribution in [0.2, 0.25) is 0 Å². The van der Waals surface area contributed by atoms with Crippen molar-refractivity contribution >= 4 is 0 Å². The molecule has 1 aliphatic rings. The fraction of sp³-hybridized carbons (Fsp3) is 0.600. The van der Waals surface area contributed by atoms with E-state index in [4.69, 9.17) is 4.74 Å². The van der Waals surface area contributed by atoms with E-state index in [1.165, 1.54) is 0 Å². The number of ether oxygens (including phenoxy) is 1. The third-order valence-corrected chi connectivity index (χ3v) is 3.91. The molecule has 0 bridgehead atoms. The molecule has 0 amide bonds. The molecule has 1 N–H and O–H groups in total. The topological polar surface area (TPSA) is 29.5 Å². The molecule has 1 saturated carbocycles. The molecule has 0 radical (unpaired) electrons. The predicted octanol–water partition coefficient (Wildman–Crippen LogP) is 3.22. The van der Waals surface area contributed by atoms with Gasteiger partial charge in [-0.05, 0) is 43.5 Å². The number of aliphatic hydroxyl groups excluding tert-OH is 1. The van der Waals surface area contributed by atoms with Crippen LogP contribution in [0.3, 0.4) is 0 Å². The number of benzene rings is 1. The summed E-state index contributed by atoms with van der Waals surface area (Å²) in [6, 6.07) is 3.33. The van der Waals surface area contributed by atoms with Crippen LogP contribution < -0.4 is 0 Å². The number of hydrogen-bond donors (Lipinski definition) is 1. The highest BCUT2D eigenvalue weighted by atomic mass is 19.1. The van der Waals surface area contributed by atoms with Crippen molar-refractivity contribution in [3.63, 3.8) is 0 Å². The minimum atomic E-state index is -0.800. The second-order valence-electron chi connectivity index (χ2n) is 5.16. The van der Waals surface area contributed by atoms with Crippen molar-refractivity contribution in [3.05, 3.63) is 35.4 Å². The van der Waals surface area contributed by atoms with Gasteiger partial charge in [-0.3, -0.25) is 0 Å². The summed E-state index contributed by atoms with van der Waals surface area (Å²) in [6.07, 6.45) is 2.85. The maximum atomic E-state index is 13.6. The van der Waals surface area contributed by atoms with Gasteiger partial charge in [0.1, 0.15) is 11.6 Å². The molecule has 1 unspecified atom stereocenters. The van der Waals surface area contributed by atoms with Gasteiger partial charge in [0.05, 0.1) is 11.7 Å². The first-order valence-corrected chi connectivity index (χ1v) is 6.83. The fourth-order valence-electron chi connectivity index (χ4n) is 2.93. The molecule has 1 fully saturated rings. The maximum Gasteiger partial charge on any atom is 0.126 e. The van der Waals surface area contributed by atoms with Crippen molar-refractivity contribution in [2.45, 2.75) is 50.7 Å². The molecule has 2 nitrogen and oxygen atoms in total. The van der Waals surface area contributed by atoms with E-state index in [1.807, 2.05) is 6.92 Å². The molecule has 4 heteroatoms. The van der Waals surface area contributed by atoms with Crippen LogP contribution in [0.4, 0.5) is 8.78 Å². The van der Waals surface area contributed by atoms with Crippen LogP contribution >= 0.6 is 0 Å². The fourth-order valence-corrected chi connectivity index (χ4v) is 2.93. The molecule has 106 valence electrons. The Morgan fingerprint density at radius 1 is 1.32 bits per heavy atom. The average Bonchev–Trinajstić information content (AvgIpc) is 2.84. The van der Waals surface area contributed by atoms with E-state index in [0.29, 0.717) is 6.61 Å². The van der Waals surface area contributed by atoms with Crippen molar-refractivity contribution < 1.29 is 18.6 Å². The summed E-state index contributed by atoms with van der Waals surface area (Å²) in [5, 5.41) is 10.4. The minimum Gasteiger partial charge on any atom is -0.390 e. The highest BCUT2D eigenvalue weighted by Crippen LogP contribution is 2.37. The van der Waals surface area contributed by atoms with E-state index in [9.17, 15) is 13.9 Å². The molecule has 0 heterocycles. The SMILES string of the molecule is CCOC1(C(O)Cc2cc(F)ccc2F)CCCC1. The monoisotopic (exact) mass is 270 g/mol. The zero-order valence-corrected chi connectivity index (χ0v) is 11.2. The summed E-state index contributed by atoms with van der Waals surface area (Å²) < 4.78 is 32.5. The summed E-state index contributed by atoms with van der Waals surface area (Å²) in [4.78, 5) is 0. The zero-order valence-electron chi connectivity index (χ0n) is 11.2. The molecular formula is C15H20F2O2. The van der Waals surface area contributed by atoms with Gasteiger partial charge >= 0.3 is 0 Å². The van der Waals surface area contributed by atoms with Crippen molar-refractivity contribution in [2.75, 3.05) is 6.61 Å². The number of hydrogen-bond acceptors (Lipinski definition) is 2. The highest BCUT2D eigenvalue weighted by molar-refractivity contribution is 5.20. The number of halogens is 2. The van der Waals surface area contributed by atoms with Gasteiger partial charge in [0.15, 0.2) is 0 Å².